The maximum atomic E-state index is 8.97. The predicted octanol–water partition coefficient (Wildman–Crippen LogP) is -1.89. The highest BCUT2D eigenvalue weighted by atomic mass is 16.5. The Kier molecular flexibility index (Phi) is 8.88. The van der Waals surface area contributed by atoms with E-state index in [9.17, 15) is 0 Å². The van der Waals surface area contributed by atoms with E-state index in [0.717, 1.165) is 0 Å². The molecule has 3 unspecified atom stereocenters. The molecule has 0 saturated carbocycles. The van der Waals surface area contributed by atoms with Gasteiger partial charge in [0.25, 0.3) is 0 Å². The van der Waals surface area contributed by atoms with Crippen LogP contribution >= 0.6 is 0 Å². The van der Waals surface area contributed by atoms with Crippen molar-refractivity contribution >= 4 is 0 Å². The van der Waals surface area contributed by atoms with Gasteiger partial charge in [-0.25, -0.2) is 0 Å². The fraction of sp³-hybridized carbons (Fsp3) is 1.00. The average molecular weight is 224 g/mol. The first kappa shape index (κ1) is 14.8. The molecule has 0 radical (unpaired) electrons. The molecule has 0 aliphatic carbocycles. The lowest BCUT2D eigenvalue weighted by atomic mass is 10.4. The standard InChI is InChI=1S/C9H20O6/c1-7(15-6-9(13)3-11)4-14-5-8(12)2-10/h7-13H,2-6H2,1H3. The van der Waals surface area contributed by atoms with E-state index in [4.69, 9.17) is 29.9 Å². The van der Waals surface area contributed by atoms with E-state index in [1.807, 2.05) is 0 Å². The molecule has 0 heterocycles. The molecule has 0 aromatic carbocycles. The van der Waals surface area contributed by atoms with Gasteiger partial charge in [0.05, 0.1) is 39.1 Å². The summed E-state index contributed by atoms with van der Waals surface area (Å²) >= 11 is 0. The van der Waals surface area contributed by atoms with Gasteiger partial charge in [-0.15, -0.1) is 0 Å². The number of aliphatic hydroxyl groups is 4. The van der Waals surface area contributed by atoms with Gasteiger partial charge in [0.15, 0.2) is 0 Å². The van der Waals surface area contributed by atoms with Crippen molar-refractivity contribution in [3.8, 4) is 0 Å². The number of aliphatic hydroxyl groups excluding tert-OH is 4. The van der Waals surface area contributed by atoms with E-state index in [0.29, 0.717) is 0 Å². The molecule has 92 valence electrons. The second kappa shape index (κ2) is 9.02. The molecule has 0 aromatic rings. The molecular weight excluding hydrogens is 204 g/mol. The first-order chi connectivity index (χ1) is 7.10. The highest BCUT2D eigenvalue weighted by Gasteiger charge is 2.08. The third-order valence-corrected chi connectivity index (χ3v) is 1.66. The van der Waals surface area contributed by atoms with E-state index in [1.165, 1.54) is 0 Å². The Hall–Kier alpha value is -0.240. The van der Waals surface area contributed by atoms with Crippen molar-refractivity contribution in [1.82, 2.24) is 0 Å². The Labute approximate surface area is 89.1 Å². The number of hydrogen-bond acceptors (Lipinski definition) is 6. The molecule has 6 heteroatoms. The largest absolute Gasteiger partial charge is 0.394 e. The van der Waals surface area contributed by atoms with Crippen LogP contribution in [0, 0.1) is 0 Å². The van der Waals surface area contributed by atoms with Crippen LogP contribution in [-0.2, 0) is 9.47 Å². The minimum atomic E-state index is -0.879. The zero-order valence-corrected chi connectivity index (χ0v) is 8.87. The lowest BCUT2D eigenvalue weighted by Gasteiger charge is -2.16. The molecule has 0 rings (SSSR count). The van der Waals surface area contributed by atoms with Gasteiger partial charge < -0.3 is 29.9 Å². The Balaban J connectivity index is 3.37. The van der Waals surface area contributed by atoms with Crippen LogP contribution in [0.5, 0.6) is 0 Å². The van der Waals surface area contributed by atoms with Crippen LogP contribution in [0.4, 0.5) is 0 Å². The fourth-order valence-corrected chi connectivity index (χ4v) is 0.799. The van der Waals surface area contributed by atoms with E-state index in [2.05, 4.69) is 0 Å². The van der Waals surface area contributed by atoms with Crippen molar-refractivity contribution < 1.29 is 29.9 Å². The van der Waals surface area contributed by atoms with E-state index in [1.54, 1.807) is 6.92 Å². The van der Waals surface area contributed by atoms with Crippen molar-refractivity contribution in [3.05, 3.63) is 0 Å². The summed E-state index contributed by atoms with van der Waals surface area (Å²) in [6.07, 6.45) is -1.99. The quantitative estimate of drug-likeness (QED) is 0.365. The molecule has 0 amide bonds. The zero-order chi connectivity index (χ0) is 11.7. The SMILES string of the molecule is CC(COCC(O)CO)OCC(O)CO. The maximum Gasteiger partial charge on any atom is 0.100 e. The van der Waals surface area contributed by atoms with Gasteiger partial charge >= 0.3 is 0 Å². The summed E-state index contributed by atoms with van der Waals surface area (Å²) in [5.41, 5.74) is 0. The Morgan fingerprint density at radius 2 is 1.47 bits per heavy atom. The van der Waals surface area contributed by atoms with E-state index >= 15 is 0 Å². The van der Waals surface area contributed by atoms with Gasteiger partial charge in [-0.05, 0) is 6.92 Å². The van der Waals surface area contributed by atoms with Crippen molar-refractivity contribution in [2.75, 3.05) is 33.0 Å². The van der Waals surface area contributed by atoms with Crippen LogP contribution in [0.15, 0.2) is 0 Å². The monoisotopic (exact) mass is 224 g/mol. The fourth-order valence-electron chi connectivity index (χ4n) is 0.799. The van der Waals surface area contributed by atoms with Crippen molar-refractivity contribution in [3.63, 3.8) is 0 Å². The number of ether oxygens (including phenoxy) is 2. The maximum absolute atomic E-state index is 8.97. The average Bonchev–Trinajstić information content (AvgIpc) is 2.25. The summed E-state index contributed by atoms with van der Waals surface area (Å²) in [7, 11) is 0. The Bertz CT molecular complexity index is 143. The molecular formula is C9H20O6. The summed E-state index contributed by atoms with van der Waals surface area (Å²) < 4.78 is 10.2. The van der Waals surface area contributed by atoms with Crippen molar-refractivity contribution in [1.29, 1.82) is 0 Å². The Morgan fingerprint density at radius 3 is 2.00 bits per heavy atom. The molecule has 0 aliphatic rings. The summed E-state index contributed by atoms with van der Waals surface area (Å²) in [4.78, 5) is 0. The number of rotatable bonds is 9. The number of hydrogen-bond donors (Lipinski definition) is 4. The first-order valence-corrected chi connectivity index (χ1v) is 4.87. The minimum Gasteiger partial charge on any atom is -0.394 e. The van der Waals surface area contributed by atoms with Crippen LogP contribution in [0.1, 0.15) is 6.92 Å². The van der Waals surface area contributed by atoms with Crippen LogP contribution in [0.25, 0.3) is 0 Å². The molecule has 4 N–H and O–H groups in total. The highest BCUT2D eigenvalue weighted by Crippen LogP contribution is 1.95. The molecule has 0 bridgehead atoms. The van der Waals surface area contributed by atoms with Gasteiger partial charge in [-0.1, -0.05) is 0 Å². The van der Waals surface area contributed by atoms with Gasteiger partial charge in [0.2, 0.25) is 0 Å². The van der Waals surface area contributed by atoms with Crippen LogP contribution < -0.4 is 0 Å². The molecule has 0 spiro atoms. The molecule has 6 nitrogen and oxygen atoms in total. The second-order valence-corrected chi connectivity index (χ2v) is 3.35. The Morgan fingerprint density at radius 1 is 0.933 bits per heavy atom. The first-order valence-electron chi connectivity index (χ1n) is 4.87. The summed E-state index contributed by atoms with van der Waals surface area (Å²) in [5.74, 6) is 0. The lowest BCUT2D eigenvalue weighted by molar-refractivity contribution is -0.0670. The summed E-state index contributed by atoms with van der Waals surface area (Å²) in [6.45, 7) is 1.43. The van der Waals surface area contributed by atoms with Crippen molar-refractivity contribution in [2.24, 2.45) is 0 Å². The minimum absolute atomic E-state index is 0.0452. The van der Waals surface area contributed by atoms with E-state index < -0.39 is 12.2 Å². The molecule has 15 heavy (non-hydrogen) atoms. The third-order valence-electron chi connectivity index (χ3n) is 1.66. The molecule has 0 saturated heterocycles. The molecule has 0 fully saturated rings. The van der Waals surface area contributed by atoms with Gasteiger partial charge in [0.1, 0.15) is 12.2 Å². The highest BCUT2D eigenvalue weighted by molar-refractivity contribution is 4.55. The predicted molar refractivity (Wildman–Crippen MR) is 52.4 cm³/mol. The normalized spacial score (nSPS) is 17.4. The summed E-state index contributed by atoms with van der Waals surface area (Å²) in [5, 5.41) is 34.9. The van der Waals surface area contributed by atoms with Gasteiger partial charge in [0, 0.05) is 0 Å². The molecule has 0 aromatic heterocycles. The molecule has 0 aliphatic heterocycles. The third kappa shape index (κ3) is 8.73. The summed E-state index contributed by atoms with van der Waals surface area (Å²) in [6, 6.07) is 0. The van der Waals surface area contributed by atoms with Crippen LogP contribution in [0.3, 0.4) is 0 Å². The zero-order valence-electron chi connectivity index (χ0n) is 8.87. The van der Waals surface area contributed by atoms with Gasteiger partial charge in [-0.3, -0.25) is 0 Å². The van der Waals surface area contributed by atoms with E-state index in [-0.39, 0.29) is 39.1 Å². The second-order valence-electron chi connectivity index (χ2n) is 3.35. The molecule has 3 atom stereocenters. The van der Waals surface area contributed by atoms with Crippen LogP contribution in [0.2, 0.25) is 0 Å². The lowest BCUT2D eigenvalue weighted by Crippen LogP contribution is -2.27. The topological polar surface area (TPSA) is 99.4 Å². The van der Waals surface area contributed by atoms with Gasteiger partial charge in [-0.2, -0.15) is 0 Å². The van der Waals surface area contributed by atoms with Crippen molar-refractivity contribution in [2.45, 2.75) is 25.2 Å². The smallest absolute Gasteiger partial charge is 0.100 e. The van der Waals surface area contributed by atoms with Crippen LogP contribution in [-0.4, -0.2) is 71.8 Å².